The Labute approximate surface area is 183 Å². The molecule has 2 aromatic heterocycles. The highest BCUT2D eigenvalue weighted by Crippen LogP contribution is 2.36. The molecule has 2 heterocycles. The number of nitrogens with two attached hydrogens (primary N) is 1. The lowest BCUT2D eigenvalue weighted by atomic mass is 10.1. The van der Waals surface area contributed by atoms with Crippen LogP contribution in [0, 0.1) is 5.82 Å². The molecule has 0 aliphatic heterocycles. The number of sulfonamides is 1. The van der Waals surface area contributed by atoms with Crippen LogP contribution in [0.15, 0.2) is 70.2 Å². The van der Waals surface area contributed by atoms with Crippen molar-refractivity contribution in [2.75, 3.05) is 0 Å². The second-order valence-electron chi connectivity index (χ2n) is 6.66. The molecule has 166 valence electrons. The molecule has 32 heavy (non-hydrogen) atoms. The third kappa shape index (κ3) is 4.14. The van der Waals surface area contributed by atoms with E-state index in [9.17, 15) is 26.0 Å². The number of primary sulfonamides is 1. The smallest absolute Gasteiger partial charge is 0.435 e. The third-order valence-corrected chi connectivity index (χ3v) is 5.77. The molecule has 0 spiro atoms. The summed E-state index contributed by atoms with van der Waals surface area (Å²) < 4.78 is 83.4. The van der Waals surface area contributed by atoms with Gasteiger partial charge < -0.3 is 4.42 Å². The van der Waals surface area contributed by atoms with Crippen LogP contribution < -0.4 is 5.14 Å². The molecule has 6 nitrogen and oxygen atoms in total. The summed E-state index contributed by atoms with van der Waals surface area (Å²) in [6, 6.07) is 11.3. The van der Waals surface area contributed by atoms with Gasteiger partial charge in [0.25, 0.3) is 0 Å². The van der Waals surface area contributed by atoms with Crippen molar-refractivity contribution in [3.8, 4) is 28.3 Å². The van der Waals surface area contributed by atoms with Crippen molar-refractivity contribution in [1.29, 1.82) is 0 Å². The van der Waals surface area contributed by atoms with Crippen LogP contribution in [0.2, 0.25) is 5.02 Å². The molecule has 0 aliphatic rings. The van der Waals surface area contributed by atoms with E-state index < -0.39 is 32.6 Å². The Bertz CT molecular complexity index is 1410. The molecule has 0 saturated carbocycles. The average Bonchev–Trinajstić information content (AvgIpc) is 3.36. The largest absolute Gasteiger partial charge is 0.464 e. The minimum atomic E-state index is -4.78. The number of hydrogen-bond acceptors (Lipinski definition) is 4. The van der Waals surface area contributed by atoms with Gasteiger partial charge in [-0.3, -0.25) is 0 Å². The molecule has 4 rings (SSSR count). The zero-order valence-corrected chi connectivity index (χ0v) is 17.3. The third-order valence-electron chi connectivity index (χ3n) is 4.52. The molecular formula is C20H12ClF4N3O3S. The molecule has 0 atom stereocenters. The predicted octanol–water partition coefficient (Wildman–Crippen LogP) is 5.26. The highest BCUT2D eigenvalue weighted by molar-refractivity contribution is 7.89. The summed E-state index contributed by atoms with van der Waals surface area (Å²) in [5, 5.41) is 8.69. The van der Waals surface area contributed by atoms with Gasteiger partial charge in [0.1, 0.15) is 16.5 Å². The zero-order valence-electron chi connectivity index (χ0n) is 15.8. The van der Waals surface area contributed by atoms with Crippen LogP contribution in [-0.4, -0.2) is 18.2 Å². The summed E-state index contributed by atoms with van der Waals surface area (Å²) in [6.07, 6.45) is -3.33. The standard InChI is InChI=1S/C20H12ClF4N3O3S/c21-14-8-11(3-5-13(14)17-2-1-7-31-17)16-10-19(20(23,24)25)27-28(16)12-4-6-18(15(22)9-12)32(26,29)30/h1-10H,(H2,26,29,30). The quantitative estimate of drug-likeness (QED) is 0.399. The Kier molecular flexibility index (Phi) is 5.35. The van der Waals surface area contributed by atoms with Crippen molar-refractivity contribution >= 4 is 21.6 Å². The van der Waals surface area contributed by atoms with Crippen LogP contribution in [0.25, 0.3) is 28.3 Å². The fourth-order valence-corrected chi connectivity index (χ4v) is 3.94. The Morgan fingerprint density at radius 2 is 1.81 bits per heavy atom. The molecule has 2 aromatic carbocycles. The minimum absolute atomic E-state index is 0.0482. The lowest BCUT2D eigenvalue weighted by molar-refractivity contribution is -0.141. The Morgan fingerprint density at radius 1 is 1.06 bits per heavy atom. The molecule has 0 aliphatic carbocycles. The molecule has 12 heteroatoms. The van der Waals surface area contributed by atoms with Crippen LogP contribution in [0.4, 0.5) is 17.6 Å². The van der Waals surface area contributed by atoms with E-state index in [4.69, 9.17) is 21.2 Å². The molecule has 0 radical (unpaired) electrons. The van der Waals surface area contributed by atoms with Crippen LogP contribution in [0.3, 0.4) is 0 Å². The number of rotatable bonds is 4. The molecule has 2 N–H and O–H groups in total. The maximum atomic E-state index is 14.3. The van der Waals surface area contributed by atoms with E-state index >= 15 is 0 Å². The lowest BCUT2D eigenvalue weighted by Crippen LogP contribution is -2.14. The summed E-state index contributed by atoms with van der Waals surface area (Å²) in [5.41, 5.74) is -0.649. The van der Waals surface area contributed by atoms with Gasteiger partial charge in [-0.05, 0) is 42.5 Å². The van der Waals surface area contributed by atoms with E-state index in [1.54, 1.807) is 18.2 Å². The van der Waals surface area contributed by atoms with E-state index in [0.717, 1.165) is 28.9 Å². The molecule has 0 fully saturated rings. The molecular weight excluding hydrogens is 474 g/mol. The van der Waals surface area contributed by atoms with E-state index in [-0.39, 0.29) is 22.0 Å². The van der Waals surface area contributed by atoms with Crippen molar-refractivity contribution < 1.29 is 30.4 Å². The first-order valence-electron chi connectivity index (χ1n) is 8.79. The van der Waals surface area contributed by atoms with Crippen LogP contribution in [0.5, 0.6) is 0 Å². The van der Waals surface area contributed by atoms with Crippen molar-refractivity contribution in [3.63, 3.8) is 0 Å². The summed E-state index contributed by atoms with van der Waals surface area (Å²) in [7, 11) is -4.36. The van der Waals surface area contributed by atoms with Gasteiger partial charge in [-0.2, -0.15) is 18.3 Å². The second-order valence-corrected chi connectivity index (χ2v) is 8.59. The van der Waals surface area contributed by atoms with Crippen molar-refractivity contribution in [2.24, 2.45) is 5.14 Å². The summed E-state index contributed by atoms with van der Waals surface area (Å²) in [4.78, 5) is -0.795. The van der Waals surface area contributed by atoms with E-state index in [1.807, 2.05) is 0 Å². The Morgan fingerprint density at radius 3 is 2.38 bits per heavy atom. The minimum Gasteiger partial charge on any atom is -0.464 e. The molecule has 4 aromatic rings. The van der Waals surface area contributed by atoms with Crippen LogP contribution in [0.1, 0.15) is 5.69 Å². The van der Waals surface area contributed by atoms with Gasteiger partial charge in [0.2, 0.25) is 10.0 Å². The highest BCUT2D eigenvalue weighted by atomic mass is 35.5. The zero-order chi connectivity index (χ0) is 23.3. The molecule has 0 unspecified atom stereocenters. The van der Waals surface area contributed by atoms with Gasteiger partial charge in [0, 0.05) is 17.2 Å². The Hall–Kier alpha value is -3.15. The highest BCUT2D eigenvalue weighted by Gasteiger charge is 2.35. The maximum Gasteiger partial charge on any atom is 0.435 e. The first-order chi connectivity index (χ1) is 14.9. The van der Waals surface area contributed by atoms with Gasteiger partial charge in [-0.1, -0.05) is 17.7 Å². The predicted molar refractivity (Wildman–Crippen MR) is 108 cm³/mol. The van der Waals surface area contributed by atoms with E-state index in [2.05, 4.69) is 5.10 Å². The monoisotopic (exact) mass is 485 g/mol. The summed E-state index contributed by atoms with van der Waals surface area (Å²) >= 11 is 6.31. The number of furan rings is 1. The van der Waals surface area contributed by atoms with E-state index in [0.29, 0.717) is 11.3 Å². The first-order valence-corrected chi connectivity index (χ1v) is 10.7. The normalized spacial score (nSPS) is 12.3. The van der Waals surface area contributed by atoms with Crippen molar-refractivity contribution in [1.82, 2.24) is 9.78 Å². The molecule has 0 amide bonds. The fraction of sp³-hybridized carbons (Fsp3) is 0.0500. The van der Waals surface area contributed by atoms with Gasteiger partial charge >= 0.3 is 6.18 Å². The van der Waals surface area contributed by atoms with Gasteiger partial charge in [-0.25, -0.2) is 22.6 Å². The Balaban J connectivity index is 1.88. The van der Waals surface area contributed by atoms with Crippen molar-refractivity contribution in [3.05, 3.63) is 77.4 Å². The maximum absolute atomic E-state index is 14.3. The number of aromatic nitrogens is 2. The molecule has 0 saturated heterocycles. The molecule has 0 bridgehead atoms. The number of nitrogens with zero attached hydrogens (tertiary/aromatic N) is 2. The number of benzene rings is 2. The summed E-state index contributed by atoms with van der Waals surface area (Å²) in [5.74, 6) is -0.766. The number of alkyl halides is 3. The first kappa shape index (κ1) is 22.1. The van der Waals surface area contributed by atoms with Gasteiger partial charge in [0.15, 0.2) is 5.69 Å². The average molecular weight is 486 g/mol. The van der Waals surface area contributed by atoms with Crippen LogP contribution in [-0.2, 0) is 16.2 Å². The topological polar surface area (TPSA) is 91.1 Å². The fourth-order valence-electron chi connectivity index (χ4n) is 3.08. The van der Waals surface area contributed by atoms with Gasteiger partial charge in [0.05, 0.1) is 22.7 Å². The number of halogens is 5. The van der Waals surface area contributed by atoms with Crippen molar-refractivity contribution in [2.45, 2.75) is 11.1 Å². The lowest BCUT2D eigenvalue weighted by Gasteiger charge is -2.10. The van der Waals surface area contributed by atoms with Crippen LogP contribution >= 0.6 is 11.6 Å². The SMILES string of the molecule is NS(=O)(=O)c1ccc(-n2nc(C(F)(F)F)cc2-c2ccc(-c3ccco3)c(Cl)c2)cc1F. The summed E-state index contributed by atoms with van der Waals surface area (Å²) in [6.45, 7) is 0. The second kappa shape index (κ2) is 7.76. The van der Waals surface area contributed by atoms with Gasteiger partial charge in [-0.15, -0.1) is 0 Å². The number of hydrogen-bond donors (Lipinski definition) is 1. The van der Waals surface area contributed by atoms with E-state index in [1.165, 1.54) is 18.4 Å².